The zero-order valence-corrected chi connectivity index (χ0v) is 7.54. The van der Waals surface area contributed by atoms with Crippen molar-refractivity contribution in [1.82, 2.24) is 4.90 Å². The molecule has 1 heterocycles. The van der Waals surface area contributed by atoms with Crippen LogP contribution in [0, 0.1) is 0 Å². The number of hydrogen-bond donors (Lipinski definition) is 1. The molecule has 0 aromatic carbocycles. The van der Waals surface area contributed by atoms with Crippen molar-refractivity contribution in [2.45, 2.75) is 18.9 Å². The maximum absolute atomic E-state index is 8.82. The molecule has 1 N–H and O–H groups in total. The first-order valence-electron chi connectivity index (χ1n) is 3.29. The zero-order chi connectivity index (χ0) is 6.69. The Morgan fingerprint density at radius 2 is 2.44 bits per heavy atom. The summed E-state index contributed by atoms with van der Waals surface area (Å²) in [6, 6.07) is 0.460. The smallest absolute Gasteiger partial charge is 0.0587 e. The number of hydrogen-bond acceptors (Lipinski definition) is 2. The highest BCUT2D eigenvalue weighted by Crippen LogP contribution is 2.16. The molecule has 0 aromatic heterocycles. The van der Waals surface area contributed by atoms with Crippen molar-refractivity contribution >= 4 is 22.6 Å². The van der Waals surface area contributed by atoms with E-state index in [1.54, 1.807) is 0 Å². The third-order valence-corrected chi connectivity index (χ3v) is 2.74. The van der Waals surface area contributed by atoms with Gasteiger partial charge in [0.15, 0.2) is 0 Å². The molecule has 9 heavy (non-hydrogen) atoms. The van der Waals surface area contributed by atoms with E-state index in [-0.39, 0.29) is 0 Å². The van der Waals surface area contributed by atoms with Crippen molar-refractivity contribution in [2.24, 2.45) is 0 Å². The maximum Gasteiger partial charge on any atom is 0.0587 e. The summed E-state index contributed by atoms with van der Waals surface area (Å²) in [5.74, 6) is 0. The summed E-state index contributed by atoms with van der Waals surface area (Å²) >= 11 is 2.34. The van der Waals surface area contributed by atoms with Gasteiger partial charge in [-0.1, -0.05) is 22.6 Å². The van der Waals surface area contributed by atoms with Crippen molar-refractivity contribution in [2.75, 3.05) is 17.7 Å². The number of likely N-dealkylation sites (tertiary alicyclic amines) is 1. The lowest BCUT2D eigenvalue weighted by Gasteiger charge is -2.18. The second kappa shape index (κ2) is 3.73. The number of rotatable bonds is 2. The van der Waals surface area contributed by atoms with E-state index in [1.807, 2.05) is 0 Å². The number of aliphatic hydroxyl groups excluding tert-OH is 1. The van der Waals surface area contributed by atoms with E-state index < -0.39 is 0 Å². The van der Waals surface area contributed by atoms with E-state index in [0.29, 0.717) is 12.6 Å². The molecule has 0 radical (unpaired) electrons. The molecule has 0 amide bonds. The van der Waals surface area contributed by atoms with Crippen LogP contribution in [-0.2, 0) is 0 Å². The summed E-state index contributed by atoms with van der Waals surface area (Å²) in [7, 11) is 0. The normalized spacial score (nSPS) is 29.3. The summed E-state index contributed by atoms with van der Waals surface area (Å²) < 4.78 is 1.06. The molecule has 0 spiro atoms. The van der Waals surface area contributed by atoms with Gasteiger partial charge in [0.2, 0.25) is 0 Å². The van der Waals surface area contributed by atoms with E-state index in [0.717, 1.165) is 4.55 Å². The molecule has 0 bridgehead atoms. The Labute approximate surface area is 69.4 Å². The minimum atomic E-state index is 0.336. The molecule has 1 fully saturated rings. The Kier molecular flexibility index (Phi) is 3.21. The van der Waals surface area contributed by atoms with Crippen molar-refractivity contribution < 1.29 is 5.11 Å². The predicted molar refractivity (Wildman–Crippen MR) is 45.7 cm³/mol. The van der Waals surface area contributed by atoms with Gasteiger partial charge >= 0.3 is 0 Å². The number of alkyl halides is 1. The third-order valence-electron chi connectivity index (χ3n) is 1.86. The first-order chi connectivity index (χ1) is 4.38. The quantitative estimate of drug-likeness (QED) is 0.440. The second-order valence-corrected chi connectivity index (χ2v) is 3.09. The minimum absolute atomic E-state index is 0.336. The van der Waals surface area contributed by atoms with Crippen molar-refractivity contribution in [3.05, 3.63) is 0 Å². The molecule has 0 aliphatic carbocycles. The average molecular weight is 241 g/mol. The second-order valence-electron chi connectivity index (χ2n) is 2.41. The fourth-order valence-corrected chi connectivity index (χ4v) is 2.16. The number of nitrogens with zero attached hydrogens (tertiary/aromatic N) is 1. The van der Waals surface area contributed by atoms with Crippen LogP contribution in [0.4, 0.5) is 0 Å². The molecule has 0 saturated carbocycles. The molecule has 2 nitrogen and oxygen atoms in total. The summed E-state index contributed by atoms with van der Waals surface area (Å²) in [6.07, 6.45) is 2.44. The lowest BCUT2D eigenvalue weighted by atomic mass is 10.2. The lowest BCUT2D eigenvalue weighted by molar-refractivity contribution is 0.179. The molecule has 54 valence electrons. The van der Waals surface area contributed by atoms with Gasteiger partial charge in [-0.15, -0.1) is 0 Å². The minimum Gasteiger partial charge on any atom is -0.395 e. The Bertz CT molecular complexity index is 79.1. The maximum atomic E-state index is 8.82. The topological polar surface area (TPSA) is 23.5 Å². The summed E-state index contributed by atoms with van der Waals surface area (Å²) in [6.45, 7) is 1.51. The monoisotopic (exact) mass is 241 g/mol. The van der Waals surface area contributed by atoms with Crippen LogP contribution in [-0.4, -0.2) is 33.8 Å². The Hall–Kier alpha value is 0.650. The Balaban J connectivity index is 2.32. The molecule has 1 unspecified atom stereocenters. The van der Waals surface area contributed by atoms with Crippen LogP contribution in [0.25, 0.3) is 0 Å². The van der Waals surface area contributed by atoms with Gasteiger partial charge in [-0.2, -0.15) is 0 Å². The van der Waals surface area contributed by atoms with Crippen LogP contribution in [0.15, 0.2) is 0 Å². The van der Waals surface area contributed by atoms with E-state index >= 15 is 0 Å². The van der Waals surface area contributed by atoms with Gasteiger partial charge in [-0.3, -0.25) is 4.90 Å². The summed E-state index contributed by atoms with van der Waals surface area (Å²) in [5, 5.41) is 8.82. The van der Waals surface area contributed by atoms with Crippen LogP contribution < -0.4 is 0 Å². The summed E-state index contributed by atoms with van der Waals surface area (Å²) in [5.41, 5.74) is 0. The SMILES string of the molecule is OCC1CCCN1CI. The largest absolute Gasteiger partial charge is 0.395 e. The number of halogens is 1. The number of aliphatic hydroxyl groups is 1. The van der Waals surface area contributed by atoms with Crippen molar-refractivity contribution in [1.29, 1.82) is 0 Å². The van der Waals surface area contributed by atoms with Gasteiger partial charge in [-0.25, -0.2) is 0 Å². The summed E-state index contributed by atoms with van der Waals surface area (Å²) in [4.78, 5) is 2.32. The molecule has 1 rings (SSSR count). The molecule has 0 aromatic rings. The molecule has 1 atom stereocenters. The highest BCUT2D eigenvalue weighted by atomic mass is 127. The zero-order valence-electron chi connectivity index (χ0n) is 5.39. The van der Waals surface area contributed by atoms with Crippen LogP contribution in [0.1, 0.15) is 12.8 Å². The fourth-order valence-electron chi connectivity index (χ4n) is 1.26. The van der Waals surface area contributed by atoms with E-state index in [9.17, 15) is 0 Å². The third kappa shape index (κ3) is 1.78. The molecular weight excluding hydrogens is 229 g/mol. The Morgan fingerprint density at radius 3 is 2.89 bits per heavy atom. The highest BCUT2D eigenvalue weighted by Gasteiger charge is 2.21. The van der Waals surface area contributed by atoms with Gasteiger partial charge in [-0.05, 0) is 19.4 Å². The highest BCUT2D eigenvalue weighted by molar-refractivity contribution is 14.1. The van der Waals surface area contributed by atoms with Crippen LogP contribution in [0.5, 0.6) is 0 Å². The average Bonchev–Trinajstić information content (AvgIpc) is 2.33. The first-order valence-corrected chi connectivity index (χ1v) is 4.82. The lowest BCUT2D eigenvalue weighted by Crippen LogP contribution is -2.30. The fraction of sp³-hybridized carbons (Fsp3) is 1.00. The van der Waals surface area contributed by atoms with Crippen LogP contribution in [0.3, 0.4) is 0 Å². The standard InChI is InChI=1S/C6H12INO/c7-5-8-3-1-2-6(8)4-9/h6,9H,1-5H2. The van der Waals surface area contributed by atoms with Crippen molar-refractivity contribution in [3.8, 4) is 0 Å². The predicted octanol–water partition coefficient (Wildman–Crippen LogP) is 0.836. The van der Waals surface area contributed by atoms with Crippen LogP contribution in [0.2, 0.25) is 0 Å². The van der Waals surface area contributed by atoms with Gasteiger partial charge in [0, 0.05) is 6.04 Å². The molecule has 1 aliphatic heterocycles. The van der Waals surface area contributed by atoms with Gasteiger partial charge in [0.05, 0.1) is 11.2 Å². The van der Waals surface area contributed by atoms with Crippen LogP contribution >= 0.6 is 22.6 Å². The van der Waals surface area contributed by atoms with E-state index in [1.165, 1.54) is 19.4 Å². The molecule has 1 saturated heterocycles. The van der Waals surface area contributed by atoms with Gasteiger partial charge in [0.1, 0.15) is 0 Å². The molecular formula is C6H12INO. The Morgan fingerprint density at radius 1 is 1.67 bits per heavy atom. The van der Waals surface area contributed by atoms with E-state index in [4.69, 9.17) is 5.11 Å². The first kappa shape index (κ1) is 7.75. The molecule has 3 heteroatoms. The van der Waals surface area contributed by atoms with Gasteiger partial charge in [0.25, 0.3) is 0 Å². The molecule has 1 aliphatic rings. The van der Waals surface area contributed by atoms with Crippen molar-refractivity contribution in [3.63, 3.8) is 0 Å². The van der Waals surface area contributed by atoms with E-state index in [2.05, 4.69) is 27.5 Å². The van der Waals surface area contributed by atoms with Gasteiger partial charge < -0.3 is 5.11 Å².